The van der Waals surface area contributed by atoms with Gasteiger partial charge >= 0.3 is 12.1 Å². The highest BCUT2D eigenvalue weighted by Gasteiger charge is 2.42. The number of rotatable bonds is 1. The summed E-state index contributed by atoms with van der Waals surface area (Å²) in [6.07, 6.45) is -2.82. The van der Waals surface area contributed by atoms with Crippen LogP contribution in [0.15, 0.2) is 16.8 Å². The van der Waals surface area contributed by atoms with E-state index in [9.17, 15) is 18.0 Å². The van der Waals surface area contributed by atoms with E-state index < -0.39 is 29.6 Å². The van der Waals surface area contributed by atoms with Gasteiger partial charge in [0.15, 0.2) is 0 Å². The number of carboxylic acid groups (broad SMARTS) is 1. The molecule has 0 radical (unpaired) electrons. The molecule has 0 aromatic heterocycles. The number of alkyl halides is 3. The van der Waals surface area contributed by atoms with Crippen molar-refractivity contribution < 1.29 is 23.1 Å². The van der Waals surface area contributed by atoms with Crippen molar-refractivity contribution in [2.45, 2.75) is 13.1 Å². The van der Waals surface area contributed by atoms with Gasteiger partial charge in [-0.15, -0.1) is 0 Å². The fourth-order valence-electron chi connectivity index (χ4n) is 1.27. The second-order valence-electron chi connectivity index (χ2n) is 3.03. The second-order valence-corrected chi connectivity index (χ2v) is 3.03. The first-order valence-corrected chi connectivity index (χ1v) is 3.87. The summed E-state index contributed by atoms with van der Waals surface area (Å²) < 4.78 is 36.9. The number of aliphatic carboxylic acids is 1. The normalized spacial score (nSPS) is 27.3. The van der Waals surface area contributed by atoms with Gasteiger partial charge in [-0.3, -0.25) is 9.79 Å². The molecule has 2 unspecified atom stereocenters. The SMILES string of the molecule is CC1C(C(F)(F)F)=CN=CC1C(=O)O. The van der Waals surface area contributed by atoms with Crippen molar-refractivity contribution in [1.29, 1.82) is 0 Å². The zero-order valence-electron chi connectivity index (χ0n) is 7.25. The highest BCUT2D eigenvalue weighted by Crippen LogP contribution is 2.36. The third-order valence-corrected chi connectivity index (χ3v) is 2.10. The van der Waals surface area contributed by atoms with E-state index in [4.69, 9.17) is 5.11 Å². The molecule has 0 amide bonds. The van der Waals surface area contributed by atoms with E-state index in [-0.39, 0.29) is 0 Å². The summed E-state index contributed by atoms with van der Waals surface area (Å²) in [5.41, 5.74) is -0.896. The summed E-state index contributed by atoms with van der Waals surface area (Å²) >= 11 is 0. The molecule has 0 spiro atoms. The first-order valence-electron chi connectivity index (χ1n) is 3.87. The molecule has 1 heterocycles. The number of carbonyl (C=O) groups is 1. The molecule has 1 aliphatic heterocycles. The summed E-state index contributed by atoms with van der Waals surface area (Å²) in [4.78, 5) is 13.8. The van der Waals surface area contributed by atoms with Crippen LogP contribution >= 0.6 is 0 Å². The number of hydrogen-bond donors (Lipinski definition) is 1. The van der Waals surface area contributed by atoms with E-state index >= 15 is 0 Å². The van der Waals surface area contributed by atoms with Gasteiger partial charge in [-0.05, 0) is 0 Å². The molecule has 0 saturated heterocycles. The van der Waals surface area contributed by atoms with E-state index in [2.05, 4.69) is 4.99 Å². The lowest BCUT2D eigenvalue weighted by molar-refractivity contribution is -0.141. The quantitative estimate of drug-likeness (QED) is 0.713. The maximum atomic E-state index is 12.3. The topological polar surface area (TPSA) is 49.7 Å². The summed E-state index contributed by atoms with van der Waals surface area (Å²) in [5, 5.41) is 8.61. The van der Waals surface area contributed by atoms with E-state index in [1.807, 2.05) is 0 Å². The minimum Gasteiger partial charge on any atom is -0.481 e. The van der Waals surface area contributed by atoms with Crippen LogP contribution in [0.1, 0.15) is 6.92 Å². The second kappa shape index (κ2) is 3.43. The van der Waals surface area contributed by atoms with Gasteiger partial charge in [0.1, 0.15) is 0 Å². The molecule has 0 fully saturated rings. The molecule has 14 heavy (non-hydrogen) atoms. The van der Waals surface area contributed by atoms with Gasteiger partial charge in [0.25, 0.3) is 0 Å². The molecule has 1 N–H and O–H groups in total. The number of carboxylic acids is 1. The van der Waals surface area contributed by atoms with Crippen molar-refractivity contribution in [3.63, 3.8) is 0 Å². The zero-order chi connectivity index (χ0) is 10.9. The van der Waals surface area contributed by atoms with Gasteiger partial charge in [-0.2, -0.15) is 13.2 Å². The van der Waals surface area contributed by atoms with Crippen LogP contribution in [0.5, 0.6) is 0 Å². The molecule has 0 aromatic carbocycles. The van der Waals surface area contributed by atoms with Crippen molar-refractivity contribution in [1.82, 2.24) is 0 Å². The lowest BCUT2D eigenvalue weighted by Crippen LogP contribution is -2.31. The molecule has 78 valence electrons. The Balaban J connectivity index is 2.96. The van der Waals surface area contributed by atoms with Gasteiger partial charge in [0, 0.05) is 18.3 Å². The third-order valence-electron chi connectivity index (χ3n) is 2.10. The Morgan fingerprint density at radius 1 is 1.57 bits per heavy atom. The van der Waals surface area contributed by atoms with Crippen molar-refractivity contribution >= 4 is 12.2 Å². The summed E-state index contributed by atoms with van der Waals surface area (Å²) in [6, 6.07) is 0. The lowest BCUT2D eigenvalue weighted by atomic mass is 9.86. The Morgan fingerprint density at radius 3 is 2.57 bits per heavy atom. The largest absolute Gasteiger partial charge is 0.481 e. The summed E-state index contributed by atoms with van der Waals surface area (Å²) in [6.45, 7) is 1.23. The van der Waals surface area contributed by atoms with Crippen LogP contribution in [-0.4, -0.2) is 23.5 Å². The maximum Gasteiger partial charge on any atom is 0.414 e. The molecule has 1 rings (SSSR count). The Bertz CT molecular complexity index is 306. The van der Waals surface area contributed by atoms with E-state index in [0.717, 1.165) is 6.21 Å². The Kier molecular flexibility index (Phi) is 2.64. The van der Waals surface area contributed by atoms with E-state index in [0.29, 0.717) is 6.20 Å². The van der Waals surface area contributed by atoms with Crippen molar-refractivity contribution in [3.05, 3.63) is 11.8 Å². The third kappa shape index (κ3) is 1.94. The van der Waals surface area contributed by atoms with Gasteiger partial charge < -0.3 is 5.11 Å². The van der Waals surface area contributed by atoms with Gasteiger partial charge in [-0.1, -0.05) is 6.92 Å². The average Bonchev–Trinajstić information content (AvgIpc) is 2.01. The van der Waals surface area contributed by atoms with E-state index in [1.165, 1.54) is 6.92 Å². The average molecular weight is 207 g/mol. The van der Waals surface area contributed by atoms with Crippen molar-refractivity contribution in [2.75, 3.05) is 0 Å². The monoisotopic (exact) mass is 207 g/mol. The first kappa shape index (κ1) is 10.7. The number of hydrogen-bond acceptors (Lipinski definition) is 2. The Morgan fingerprint density at radius 2 is 2.14 bits per heavy atom. The fourth-order valence-corrected chi connectivity index (χ4v) is 1.27. The number of halogens is 3. The molecule has 6 heteroatoms. The lowest BCUT2D eigenvalue weighted by Gasteiger charge is -2.23. The molecule has 3 nitrogen and oxygen atoms in total. The van der Waals surface area contributed by atoms with Crippen LogP contribution in [0.25, 0.3) is 0 Å². The van der Waals surface area contributed by atoms with Crippen molar-refractivity contribution in [3.8, 4) is 0 Å². The predicted octanol–water partition coefficient (Wildman–Crippen LogP) is 1.85. The van der Waals surface area contributed by atoms with E-state index in [1.54, 1.807) is 0 Å². The molecule has 0 aliphatic carbocycles. The molecular formula is C8H8F3NO2. The van der Waals surface area contributed by atoms with Gasteiger partial charge in [0.2, 0.25) is 0 Å². The van der Waals surface area contributed by atoms with Crippen LogP contribution in [0.4, 0.5) is 13.2 Å². The number of allylic oxidation sites excluding steroid dienone is 1. The molecule has 0 bridgehead atoms. The molecule has 1 aliphatic rings. The van der Waals surface area contributed by atoms with Crippen LogP contribution in [0, 0.1) is 11.8 Å². The predicted molar refractivity (Wildman–Crippen MR) is 42.9 cm³/mol. The first-order chi connectivity index (χ1) is 6.34. The summed E-state index contributed by atoms with van der Waals surface area (Å²) in [7, 11) is 0. The highest BCUT2D eigenvalue weighted by molar-refractivity contribution is 5.90. The zero-order valence-corrected chi connectivity index (χ0v) is 7.25. The Labute approximate surface area is 77.9 Å². The van der Waals surface area contributed by atoms with Crippen LogP contribution in [0.2, 0.25) is 0 Å². The van der Waals surface area contributed by atoms with Crippen LogP contribution < -0.4 is 0 Å². The van der Waals surface area contributed by atoms with Crippen molar-refractivity contribution in [2.24, 2.45) is 16.8 Å². The van der Waals surface area contributed by atoms with Crippen LogP contribution in [-0.2, 0) is 4.79 Å². The minimum absolute atomic E-state index is 0.671. The molecule has 0 aromatic rings. The standard InChI is InChI=1S/C8H8F3NO2/c1-4-5(7(13)14)2-12-3-6(4)8(9,10)11/h2-5H,1H3,(H,13,14). The molecular weight excluding hydrogens is 199 g/mol. The van der Waals surface area contributed by atoms with Crippen LogP contribution in [0.3, 0.4) is 0 Å². The van der Waals surface area contributed by atoms with Gasteiger partial charge in [0.05, 0.1) is 11.5 Å². The smallest absolute Gasteiger partial charge is 0.414 e. The number of nitrogens with zero attached hydrogens (tertiary/aromatic N) is 1. The highest BCUT2D eigenvalue weighted by atomic mass is 19.4. The number of aliphatic imine (C=N–C) groups is 1. The maximum absolute atomic E-state index is 12.3. The summed E-state index contributed by atoms with van der Waals surface area (Å²) in [5.74, 6) is -3.59. The fraction of sp³-hybridized carbons (Fsp3) is 0.500. The minimum atomic E-state index is -4.51. The Hall–Kier alpha value is -1.33. The van der Waals surface area contributed by atoms with Gasteiger partial charge in [-0.25, -0.2) is 0 Å². The molecule has 2 atom stereocenters. The molecule has 0 saturated carbocycles.